The highest BCUT2D eigenvalue weighted by Gasteiger charge is 2.34. The van der Waals surface area contributed by atoms with E-state index < -0.39 is 5.97 Å². The van der Waals surface area contributed by atoms with Crippen molar-refractivity contribution in [1.29, 1.82) is 10.5 Å². The van der Waals surface area contributed by atoms with E-state index in [0.717, 1.165) is 41.7 Å². The van der Waals surface area contributed by atoms with Gasteiger partial charge in [-0.2, -0.15) is 10.5 Å². The van der Waals surface area contributed by atoms with Crippen LogP contribution in [0, 0.1) is 34.0 Å². The molecule has 43 heavy (non-hydrogen) atoms. The molecule has 0 spiro atoms. The zero-order valence-electron chi connectivity index (χ0n) is 25.3. The number of aromatic nitrogens is 1. The predicted molar refractivity (Wildman–Crippen MR) is 172 cm³/mol. The van der Waals surface area contributed by atoms with Gasteiger partial charge in [0.2, 0.25) is 5.91 Å². The molecule has 1 unspecified atom stereocenters. The highest BCUT2D eigenvalue weighted by molar-refractivity contribution is 7.99. The predicted octanol–water partition coefficient (Wildman–Crippen LogP) is 7.15. The number of esters is 1. The van der Waals surface area contributed by atoms with Gasteiger partial charge in [-0.1, -0.05) is 52.0 Å². The molecule has 0 saturated carbocycles. The van der Waals surface area contributed by atoms with Crippen LogP contribution >= 0.6 is 23.1 Å². The van der Waals surface area contributed by atoms with Crippen molar-refractivity contribution in [2.75, 3.05) is 23.4 Å². The van der Waals surface area contributed by atoms with Crippen molar-refractivity contribution in [3.8, 4) is 23.3 Å². The van der Waals surface area contributed by atoms with E-state index >= 15 is 0 Å². The Balaban J connectivity index is 1.53. The van der Waals surface area contributed by atoms with Crippen molar-refractivity contribution >= 4 is 45.8 Å². The third-order valence-electron chi connectivity index (χ3n) is 7.86. The molecule has 1 aliphatic rings. The summed E-state index contributed by atoms with van der Waals surface area (Å²) in [7, 11) is 0. The summed E-state index contributed by atoms with van der Waals surface area (Å²) in [5.74, 6) is 0.192. The lowest BCUT2D eigenvalue weighted by Gasteiger charge is -2.33. The molecule has 10 heteroatoms. The summed E-state index contributed by atoms with van der Waals surface area (Å²) in [6, 6.07) is 12.0. The maximum atomic E-state index is 13.1. The van der Waals surface area contributed by atoms with Crippen LogP contribution in [0.1, 0.15) is 84.9 Å². The quantitative estimate of drug-likeness (QED) is 0.191. The fourth-order valence-corrected chi connectivity index (χ4v) is 7.63. The molecule has 1 aliphatic carbocycles. The van der Waals surface area contributed by atoms with E-state index in [-0.39, 0.29) is 41.3 Å². The Hall–Kier alpha value is -3.86. The zero-order valence-corrected chi connectivity index (χ0v) is 26.9. The number of pyridine rings is 1. The molecule has 4 rings (SSSR count). The van der Waals surface area contributed by atoms with Crippen LogP contribution < -0.4 is 11.1 Å². The van der Waals surface area contributed by atoms with Crippen LogP contribution in [-0.2, 0) is 28.8 Å². The Morgan fingerprint density at radius 1 is 1.16 bits per heavy atom. The highest BCUT2D eigenvalue weighted by atomic mass is 32.2. The Labute approximate surface area is 261 Å². The number of benzene rings is 1. The number of thioether (sulfide) groups is 1. The molecule has 3 aromatic rings. The number of hydrogen-bond donors (Lipinski definition) is 2. The van der Waals surface area contributed by atoms with Gasteiger partial charge in [0.25, 0.3) is 0 Å². The van der Waals surface area contributed by atoms with Crippen LogP contribution in [0.5, 0.6) is 0 Å². The summed E-state index contributed by atoms with van der Waals surface area (Å²) in [5, 5.41) is 23.7. The van der Waals surface area contributed by atoms with Crippen LogP contribution in [0.4, 0.5) is 10.8 Å². The number of ether oxygens (including phenoxy) is 1. The molecule has 0 bridgehead atoms. The highest BCUT2D eigenvalue weighted by Crippen LogP contribution is 2.44. The molecule has 1 atom stereocenters. The van der Waals surface area contributed by atoms with Gasteiger partial charge in [0, 0.05) is 22.6 Å². The van der Waals surface area contributed by atoms with Gasteiger partial charge in [-0.05, 0) is 60.6 Å². The van der Waals surface area contributed by atoms with Gasteiger partial charge >= 0.3 is 5.97 Å². The molecule has 1 aromatic carbocycles. The first-order valence-corrected chi connectivity index (χ1v) is 16.3. The number of amides is 1. The van der Waals surface area contributed by atoms with Crippen LogP contribution in [0.15, 0.2) is 29.3 Å². The number of carbonyl (C=O) groups is 2. The molecule has 0 radical (unpaired) electrons. The molecule has 224 valence electrons. The van der Waals surface area contributed by atoms with E-state index in [0.29, 0.717) is 38.4 Å². The van der Waals surface area contributed by atoms with Gasteiger partial charge in [-0.3, -0.25) is 4.79 Å². The lowest BCUT2D eigenvalue weighted by Crippen LogP contribution is -2.26. The molecular formula is C33H37N5O3S2. The Kier molecular flexibility index (Phi) is 10.2. The van der Waals surface area contributed by atoms with Gasteiger partial charge in [0.15, 0.2) is 0 Å². The van der Waals surface area contributed by atoms with Gasteiger partial charge in [0.1, 0.15) is 33.5 Å². The monoisotopic (exact) mass is 615 g/mol. The largest absolute Gasteiger partial charge is 0.462 e. The fourth-order valence-electron chi connectivity index (χ4n) is 5.36. The minimum atomic E-state index is -0.408. The van der Waals surface area contributed by atoms with Crippen LogP contribution in [0.3, 0.4) is 0 Å². The summed E-state index contributed by atoms with van der Waals surface area (Å²) in [6.45, 7) is 10.8. The summed E-state index contributed by atoms with van der Waals surface area (Å²) in [5.41, 5.74) is 10.5. The minimum Gasteiger partial charge on any atom is -0.462 e. The second kappa shape index (κ2) is 13.6. The SMILES string of the molecule is CCOC(=O)c1c(NC(=O)CCSc2nc(N)c(C#N)c(-c3ccc(CC)cc3)c2C#N)sc2c1CCC(C(C)(C)C)C2. The second-order valence-corrected chi connectivity index (χ2v) is 13.8. The fraction of sp³-hybridized carbons (Fsp3) is 0.424. The van der Waals surface area contributed by atoms with Crippen molar-refractivity contribution in [2.45, 2.75) is 71.7 Å². The lowest BCUT2D eigenvalue weighted by molar-refractivity contribution is -0.115. The molecule has 2 heterocycles. The molecule has 2 aromatic heterocycles. The molecular weight excluding hydrogens is 579 g/mol. The lowest BCUT2D eigenvalue weighted by atomic mass is 9.72. The third-order valence-corrected chi connectivity index (χ3v) is 10.0. The maximum Gasteiger partial charge on any atom is 0.341 e. The number of aryl methyl sites for hydroxylation is 1. The Morgan fingerprint density at radius 3 is 2.47 bits per heavy atom. The van der Waals surface area contributed by atoms with Crippen molar-refractivity contribution in [3.63, 3.8) is 0 Å². The number of rotatable bonds is 9. The topological polar surface area (TPSA) is 142 Å². The van der Waals surface area contributed by atoms with Crippen molar-refractivity contribution in [3.05, 3.63) is 57.0 Å². The standard InChI is InChI=1S/C33H37N5O3S2/c1-6-19-8-10-20(11-9-19)27-23(17-34)29(36)38-30(24(27)18-35)42-15-14-26(39)37-31-28(32(40)41-7-2)22-13-12-21(33(3,4)5)16-25(22)43-31/h8-11,21H,6-7,12-16H2,1-5H3,(H2,36,38)(H,37,39). The normalized spacial score (nSPS) is 14.3. The molecule has 0 fully saturated rings. The number of hydrogen-bond acceptors (Lipinski definition) is 9. The number of thiophene rings is 1. The number of nitrogens with one attached hydrogen (secondary N) is 1. The van der Waals surface area contributed by atoms with E-state index in [1.807, 2.05) is 24.3 Å². The first kappa shape index (κ1) is 32.1. The van der Waals surface area contributed by atoms with Crippen molar-refractivity contribution < 1.29 is 14.3 Å². The number of anilines is 2. The van der Waals surface area contributed by atoms with Crippen LogP contribution in [0.25, 0.3) is 11.1 Å². The van der Waals surface area contributed by atoms with Gasteiger partial charge in [0.05, 0.1) is 17.7 Å². The maximum absolute atomic E-state index is 13.1. The molecule has 0 aliphatic heterocycles. The summed E-state index contributed by atoms with van der Waals surface area (Å²) in [4.78, 5) is 31.6. The zero-order chi connectivity index (χ0) is 31.3. The number of nitrogens with zero attached hydrogens (tertiary/aromatic N) is 3. The van der Waals surface area contributed by atoms with E-state index in [9.17, 15) is 20.1 Å². The van der Waals surface area contributed by atoms with Crippen LogP contribution in [-0.4, -0.2) is 29.2 Å². The van der Waals surface area contributed by atoms with Gasteiger partial charge in [-0.25, -0.2) is 9.78 Å². The molecule has 8 nitrogen and oxygen atoms in total. The average Bonchev–Trinajstić information content (AvgIpc) is 3.33. The smallest absolute Gasteiger partial charge is 0.341 e. The second-order valence-electron chi connectivity index (χ2n) is 11.6. The Morgan fingerprint density at radius 2 is 1.86 bits per heavy atom. The number of nitrogens with two attached hydrogens (primary N) is 1. The van der Waals surface area contributed by atoms with E-state index in [2.05, 4.69) is 50.1 Å². The van der Waals surface area contributed by atoms with Gasteiger partial charge in [-0.15, -0.1) is 23.1 Å². The number of fused-ring (bicyclic) bond motifs is 1. The number of nitrogen functional groups attached to an aromatic ring is 1. The number of carbonyl (C=O) groups excluding carboxylic acids is 2. The van der Waals surface area contributed by atoms with Gasteiger partial charge < -0.3 is 15.8 Å². The molecule has 0 saturated heterocycles. The Bertz CT molecular complexity index is 1610. The third kappa shape index (κ3) is 7.04. The molecule has 1 amide bonds. The van der Waals surface area contributed by atoms with Crippen molar-refractivity contribution in [2.24, 2.45) is 11.3 Å². The van der Waals surface area contributed by atoms with E-state index in [4.69, 9.17) is 10.5 Å². The summed E-state index contributed by atoms with van der Waals surface area (Å²) < 4.78 is 5.36. The average molecular weight is 616 g/mol. The summed E-state index contributed by atoms with van der Waals surface area (Å²) in [6.07, 6.45) is 3.61. The van der Waals surface area contributed by atoms with E-state index in [1.165, 1.54) is 23.1 Å². The van der Waals surface area contributed by atoms with Crippen molar-refractivity contribution in [1.82, 2.24) is 4.98 Å². The minimum absolute atomic E-state index is 0.0415. The van der Waals surface area contributed by atoms with E-state index in [1.54, 1.807) is 6.92 Å². The first-order valence-electron chi connectivity index (χ1n) is 14.5. The van der Waals surface area contributed by atoms with Crippen LogP contribution in [0.2, 0.25) is 0 Å². The summed E-state index contributed by atoms with van der Waals surface area (Å²) >= 11 is 2.70. The molecule has 3 N–H and O–H groups in total. The number of nitriles is 2. The first-order chi connectivity index (χ1) is 20.5.